The molecule has 0 aliphatic carbocycles. The van der Waals surface area contributed by atoms with Gasteiger partial charge in [-0.2, -0.15) is 0 Å². The van der Waals surface area contributed by atoms with Gasteiger partial charge in [-0.3, -0.25) is 9.36 Å². The van der Waals surface area contributed by atoms with Gasteiger partial charge in [0, 0.05) is 17.1 Å². The summed E-state index contributed by atoms with van der Waals surface area (Å²) in [6, 6.07) is 17.5. The molecule has 0 saturated heterocycles. The first-order valence-corrected chi connectivity index (χ1v) is 9.56. The first-order chi connectivity index (χ1) is 12.7. The Hall–Kier alpha value is -2.31. The van der Waals surface area contributed by atoms with Gasteiger partial charge in [0.05, 0.1) is 12.4 Å². The molecule has 0 N–H and O–H groups in total. The van der Waals surface area contributed by atoms with E-state index >= 15 is 0 Å². The van der Waals surface area contributed by atoms with E-state index in [2.05, 4.69) is 10.2 Å². The van der Waals surface area contributed by atoms with Crippen molar-refractivity contribution in [2.75, 3.05) is 12.4 Å². The quantitative estimate of drug-likeness (QED) is 0.450. The largest absolute Gasteiger partial charge is 0.465 e. The van der Waals surface area contributed by atoms with Crippen LogP contribution in [0, 0.1) is 0 Å². The summed E-state index contributed by atoms with van der Waals surface area (Å²) in [5.41, 5.74) is 2.04. The van der Waals surface area contributed by atoms with Crippen LogP contribution in [0.3, 0.4) is 0 Å². The highest BCUT2D eigenvalue weighted by atomic mass is 35.5. The Morgan fingerprint density at radius 2 is 1.85 bits per heavy atom. The average molecular weight is 388 g/mol. The Labute approximate surface area is 161 Å². The lowest BCUT2D eigenvalue weighted by Crippen LogP contribution is -2.08. The first-order valence-electron chi connectivity index (χ1n) is 8.20. The summed E-state index contributed by atoms with van der Waals surface area (Å²) >= 11 is 7.32. The van der Waals surface area contributed by atoms with E-state index in [1.807, 2.05) is 59.2 Å². The van der Waals surface area contributed by atoms with Crippen molar-refractivity contribution in [1.29, 1.82) is 0 Å². The van der Waals surface area contributed by atoms with Crippen molar-refractivity contribution in [3.63, 3.8) is 0 Å². The minimum absolute atomic E-state index is 0.185. The van der Waals surface area contributed by atoms with E-state index in [-0.39, 0.29) is 11.7 Å². The lowest BCUT2D eigenvalue weighted by atomic mass is 10.1. The molecule has 1 aromatic heterocycles. The molecule has 0 saturated carbocycles. The Balaban J connectivity index is 1.91. The normalized spacial score (nSPS) is 10.7. The zero-order valence-electron chi connectivity index (χ0n) is 14.3. The number of carbonyl (C=O) groups is 1. The van der Waals surface area contributed by atoms with Crippen LogP contribution in [-0.4, -0.2) is 33.1 Å². The Morgan fingerprint density at radius 1 is 1.12 bits per heavy atom. The van der Waals surface area contributed by atoms with Crippen LogP contribution in [-0.2, 0) is 16.0 Å². The van der Waals surface area contributed by atoms with Gasteiger partial charge in [0.2, 0.25) is 0 Å². The monoisotopic (exact) mass is 387 g/mol. The number of benzene rings is 2. The average Bonchev–Trinajstić information content (AvgIpc) is 3.04. The van der Waals surface area contributed by atoms with Crippen molar-refractivity contribution in [1.82, 2.24) is 14.8 Å². The van der Waals surface area contributed by atoms with E-state index in [4.69, 9.17) is 16.3 Å². The number of carbonyl (C=O) groups excluding carboxylic acids is 1. The maximum Gasteiger partial charge on any atom is 0.316 e. The van der Waals surface area contributed by atoms with Gasteiger partial charge in [-0.05, 0) is 36.8 Å². The third-order valence-electron chi connectivity index (χ3n) is 3.61. The highest BCUT2D eigenvalue weighted by Gasteiger charge is 2.16. The molecule has 0 amide bonds. The molecular formula is C19H18ClN3O2S. The molecule has 3 rings (SSSR count). The topological polar surface area (TPSA) is 57.0 Å². The van der Waals surface area contributed by atoms with E-state index < -0.39 is 0 Å². The maximum absolute atomic E-state index is 11.7. The van der Waals surface area contributed by atoms with E-state index in [9.17, 15) is 4.79 Å². The van der Waals surface area contributed by atoms with Crippen LogP contribution in [0.4, 0.5) is 0 Å². The van der Waals surface area contributed by atoms with Crippen molar-refractivity contribution < 1.29 is 9.53 Å². The van der Waals surface area contributed by atoms with E-state index in [1.165, 1.54) is 11.8 Å². The van der Waals surface area contributed by atoms with Gasteiger partial charge >= 0.3 is 5.97 Å². The third kappa shape index (κ3) is 4.65. The number of nitrogens with zero attached hydrogens (tertiary/aromatic N) is 3. The molecule has 0 aliphatic heterocycles. The van der Waals surface area contributed by atoms with Crippen molar-refractivity contribution in [3.8, 4) is 5.69 Å². The van der Waals surface area contributed by atoms with Crippen LogP contribution in [0.2, 0.25) is 5.02 Å². The van der Waals surface area contributed by atoms with Crippen LogP contribution in [0.25, 0.3) is 5.69 Å². The van der Waals surface area contributed by atoms with Gasteiger partial charge in [-0.1, -0.05) is 53.7 Å². The van der Waals surface area contributed by atoms with Crippen LogP contribution >= 0.6 is 23.4 Å². The van der Waals surface area contributed by atoms with Crippen LogP contribution in [0.15, 0.2) is 59.8 Å². The van der Waals surface area contributed by atoms with Gasteiger partial charge < -0.3 is 4.74 Å². The fourth-order valence-corrected chi connectivity index (χ4v) is 3.36. The third-order valence-corrected chi connectivity index (χ3v) is 4.77. The lowest BCUT2D eigenvalue weighted by Gasteiger charge is -2.10. The molecule has 1 heterocycles. The van der Waals surface area contributed by atoms with E-state index in [0.717, 1.165) is 17.1 Å². The first kappa shape index (κ1) is 18.5. The number of hydrogen-bond donors (Lipinski definition) is 0. The number of thioether (sulfide) groups is 1. The molecule has 7 heteroatoms. The summed E-state index contributed by atoms with van der Waals surface area (Å²) in [7, 11) is 0. The molecule has 0 aliphatic rings. The number of halogens is 1. The minimum atomic E-state index is -0.271. The molecule has 0 radical (unpaired) electrons. The van der Waals surface area contributed by atoms with Crippen molar-refractivity contribution in [2.45, 2.75) is 18.5 Å². The molecule has 5 nitrogen and oxygen atoms in total. The fraction of sp³-hybridized carbons (Fsp3) is 0.211. The molecule has 0 spiro atoms. The van der Waals surface area contributed by atoms with E-state index in [0.29, 0.717) is 23.2 Å². The molecule has 0 atom stereocenters. The number of aromatic nitrogens is 3. The molecule has 2 aromatic carbocycles. The van der Waals surface area contributed by atoms with Crippen LogP contribution < -0.4 is 0 Å². The summed E-state index contributed by atoms with van der Waals surface area (Å²) < 4.78 is 6.94. The SMILES string of the molecule is CCOC(=O)CSc1nnc(Cc2ccccc2)n1-c1ccc(Cl)cc1. The summed E-state index contributed by atoms with van der Waals surface area (Å²) in [4.78, 5) is 11.7. The zero-order valence-corrected chi connectivity index (χ0v) is 15.8. The molecule has 0 fully saturated rings. The minimum Gasteiger partial charge on any atom is -0.465 e. The lowest BCUT2D eigenvalue weighted by molar-refractivity contribution is -0.139. The highest BCUT2D eigenvalue weighted by molar-refractivity contribution is 7.99. The van der Waals surface area contributed by atoms with Gasteiger partial charge in [0.15, 0.2) is 5.16 Å². The molecule has 26 heavy (non-hydrogen) atoms. The smallest absolute Gasteiger partial charge is 0.316 e. The van der Waals surface area contributed by atoms with E-state index in [1.54, 1.807) is 6.92 Å². The molecule has 0 unspecified atom stereocenters. The van der Waals surface area contributed by atoms with Gasteiger partial charge in [0.1, 0.15) is 5.82 Å². The van der Waals surface area contributed by atoms with Gasteiger partial charge in [-0.25, -0.2) is 0 Å². The van der Waals surface area contributed by atoms with Crippen molar-refractivity contribution in [3.05, 3.63) is 71.0 Å². The number of esters is 1. The maximum atomic E-state index is 11.7. The summed E-state index contributed by atoms with van der Waals surface area (Å²) in [5.74, 6) is 0.711. The Kier molecular flexibility index (Phi) is 6.30. The molecular weight excluding hydrogens is 370 g/mol. The fourth-order valence-electron chi connectivity index (χ4n) is 2.46. The Bertz CT molecular complexity index is 866. The second kappa shape index (κ2) is 8.87. The number of rotatable bonds is 7. The highest BCUT2D eigenvalue weighted by Crippen LogP contribution is 2.24. The standard InChI is InChI=1S/C19H18ClN3O2S/c1-2-25-18(24)13-26-19-22-21-17(12-14-6-4-3-5-7-14)23(19)16-10-8-15(20)9-11-16/h3-11H,2,12-13H2,1H3. The van der Waals surface area contributed by atoms with Gasteiger partial charge in [0.25, 0.3) is 0 Å². The Morgan fingerprint density at radius 3 is 2.54 bits per heavy atom. The summed E-state index contributed by atoms with van der Waals surface area (Å²) in [5, 5.41) is 9.92. The zero-order chi connectivity index (χ0) is 18.4. The van der Waals surface area contributed by atoms with Crippen molar-refractivity contribution >= 4 is 29.3 Å². The van der Waals surface area contributed by atoms with Crippen LogP contribution in [0.1, 0.15) is 18.3 Å². The molecule has 3 aromatic rings. The number of hydrogen-bond acceptors (Lipinski definition) is 5. The van der Waals surface area contributed by atoms with Gasteiger partial charge in [-0.15, -0.1) is 10.2 Å². The summed E-state index contributed by atoms with van der Waals surface area (Å²) in [6.07, 6.45) is 0.635. The predicted octanol–water partition coefficient (Wildman–Crippen LogP) is 4.17. The van der Waals surface area contributed by atoms with Crippen molar-refractivity contribution in [2.24, 2.45) is 0 Å². The van der Waals surface area contributed by atoms with Crippen LogP contribution in [0.5, 0.6) is 0 Å². The predicted molar refractivity (Wildman–Crippen MR) is 103 cm³/mol. The second-order valence-corrected chi connectivity index (χ2v) is 6.85. The summed E-state index contributed by atoms with van der Waals surface area (Å²) in [6.45, 7) is 2.15. The molecule has 0 bridgehead atoms. The number of ether oxygens (including phenoxy) is 1. The molecule has 134 valence electrons. The second-order valence-electron chi connectivity index (χ2n) is 5.47.